The highest BCUT2D eigenvalue weighted by Crippen LogP contribution is 2.70. The molecule has 1 heteroatoms. The van der Waals surface area contributed by atoms with Crippen LogP contribution in [-0.2, 0) is 10.8 Å². The van der Waals surface area contributed by atoms with Crippen molar-refractivity contribution in [3.63, 3.8) is 0 Å². The van der Waals surface area contributed by atoms with Crippen molar-refractivity contribution in [1.29, 1.82) is 0 Å². The Morgan fingerprint density at radius 3 is 1.65 bits per heavy atom. The van der Waals surface area contributed by atoms with Gasteiger partial charge in [-0.2, -0.15) is 0 Å². The molecule has 0 radical (unpaired) electrons. The Morgan fingerprint density at radius 1 is 0.389 bits per heavy atom. The lowest BCUT2D eigenvalue weighted by Gasteiger charge is -2.61. The lowest BCUT2D eigenvalue weighted by atomic mass is 9.43. The van der Waals surface area contributed by atoms with E-state index in [0.29, 0.717) is 0 Å². The molecule has 8 aliphatic carbocycles. The molecule has 0 aromatic heterocycles. The van der Waals surface area contributed by atoms with Crippen molar-refractivity contribution in [2.75, 3.05) is 4.90 Å². The molecule has 14 rings (SSSR count). The first-order valence-electron chi connectivity index (χ1n) is 21.1. The van der Waals surface area contributed by atoms with Crippen molar-refractivity contribution in [2.45, 2.75) is 68.6 Å². The van der Waals surface area contributed by atoms with E-state index in [1.165, 1.54) is 108 Å². The third-order valence-electron chi connectivity index (χ3n) is 16.3. The maximum absolute atomic E-state index is 2.59. The maximum atomic E-state index is 2.59. The average molecular weight is 698 g/mol. The van der Waals surface area contributed by atoms with Gasteiger partial charge >= 0.3 is 0 Å². The van der Waals surface area contributed by atoms with E-state index < -0.39 is 0 Å². The van der Waals surface area contributed by atoms with Gasteiger partial charge in [-0.15, -0.1) is 0 Å². The molecule has 6 aromatic carbocycles. The lowest BCUT2D eigenvalue weighted by Crippen LogP contribution is -2.55. The predicted molar refractivity (Wildman–Crippen MR) is 221 cm³/mol. The number of hydrogen-bond acceptors (Lipinski definition) is 1. The largest absolute Gasteiger partial charge is 0.310 e. The molecule has 0 heterocycles. The number of anilines is 3. The standard InChI is InChI=1S/C53H47N/c1-2-9-36(10-3-1)37-11-8-12-41(29-37)54(42-19-21-49-46(30-42)44-13-4-6-15-48(44)52(49)32-33-17-18-38(52)24-33)43-20-22-51-47(31-43)45-14-5-7-16-50(45)53(51)39-25-34-23-35(27-39)28-40(53)26-34/h1-16,19-22,29-31,33-35,38-40H,17-18,23-28,32H2. The van der Waals surface area contributed by atoms with Gasteiger partial charge in [-0.3, -0.25) is 0 Å². The minimum absolute atomic E-state index is 0.183. The summed E-state index contributed by atoms with van der Waals surface area (Å²) < 4.78 is 0. The third-order valence-corrected chi connectivity index (χ3v) is 16.3. The fraction of sp³-hybridized carbons (Fsp3) is 0.321. The zero-order valence-corrected chi connectivity index (χ0v) is 31.1. The van der Waals surface area contributed by atoms with Crippen molar-refractivity contribution in [3.8, 4) is 33.4 Å². The van der Waals surface area contributed by atoms with Crippen LogP contribution < -0.4 is 4.90 Å². The van der Waals surface area contributed by atoms with Gasteiger partial charge in [0.2, 0.25) is 0 Å². The average Bonchev–Trinajstić information content (AvgIpc) is 3.97. The fourth-order valence-electron chi connectivity index (χ4n) is 14.7. The van der Waals surface area contributed by atoms with Crippen molar-refractivity contribution >= 4 is 17.1 Å². The van der Waals surface area contributed by atoms with E-state index in [2.05, 4.69) is 144 Å². The van der Waals surface area contributed by atoms with Crippen molar-refractivity contribution in [2.24, 2.45) is 35.5 Å². The Bertz CT molecular complexity index is 2480. The van der Waals surface area contributed by atoms with Crippen LogP contribution in [0.3, 0.4) is 0 Å². The molecule has 6 saturated carbocycles. The van der Waals surface area contributed by atoms with E-state index in [-0.39, 0.29) is 10.8 Å². The third kappa shape index (κ3) is 3.86. The van der Waals surface area contributed by atoms with Crippen LogP contribution in [0.2, 0.25) is 0 Å². The van der Waals surface area contributed by atoms with Crippen molar-refractivity contribution < 1.29 is 0 Å². The molecule has 3 unspecified atom stereocenters. The number of hydrogen-bond donors (Lipinski definition) is 0. The summed E-state index contributed by atoms with van der Waals surface area (Å²) in [4.78, 5) is 2.58. The highest BCUT2D eigenvalue weighted by molar-refractivity contribution is 5.91. The summed E-state index contributed by atoms with van der Waals surface area (Å²) in [6.07, 6.45) is 12.7. The monoisotopic (exact) mass is 697 g/mol. The van der Waals surface area contributed by atoms with E-state index in [9.17, 15) is 0 Å². The Hall–Kier alpha value is -4.88. The molecular formula is C53H47N. The summed E-state index contributed by atoms with van der Waals surface area (Å²) in [5.41, 5.74) is 18.9. The minimum Gasteiger partial charge on any atom is -0.310 e. The molecule has 0 aliphatic heterocycles. The van der Waals surface area contributed by atoms with Gasteiger partial charge in [0.05, 0.1) is 0 Å². The van der Waals surface area contributed by atoms with Gasteiger partial charge in [-0.25, -0.2) is 0 Å². The van der Waals surface area contributed by atoms with E-state index in [0.717, 1.165) is 35.5 Å². The molecular weight excluding hydrogens is 651 g/mol. The van der Waals surface area contributed by atoms with E-state index in [1.807, 2.05) is 0 Å². The summed E-state index contributed by atoms with van der Waals surface area (Å²) in [6.45, 7) is 0. The van der Waals surface area contributed by atoms with Crippen molar-refractivity contribution in [1.82, 2.24) is 0 Å². The summed E-state index contributed by atoms with van der Waals surface area (Å²) in [6, 6.07) is 54.4. The fourth-order valence-corrected chi connectivity index (χ4v) is 14.7. The first-order chi connectivity index (χ1) is 26.7. The van der Waals surface area contributed by atoms with Gasteiger partial charge in [-0.1, -0.05) is 110 Å². The van der Waals surface area contributed by atoms with E-state index >= 15 is 0 Å². The second-order valence-corrected chi connectivity index (χ2v) is 18.5. The topological polar surface area (TPSA) is 3.24 Å². The Kier molecular flexibility index (Phi) is 6.13. The van der Waals surface area contributed by atoms with Crippen LogP contribution >= 0.6 is 0 Å². The molecule has 8 aliphatic rings. The first kappa shape index (κ1) is 30.4. The van der Waals surface area contributed by atoms with Gasteiger partial charge in [-0.05, 0) is 179 Å². The van der Waals surface area contributed by atoms with Crippen LogP contribution in [0, 0.1) is 35.5 Å². The molecule has 0 saturated heterocycles. The van der Waals surface area contributed by atoms with E-state index in [4.69, 9.17) is 0 Å². The molecule has 6 aromatic rings. The normalized spacial score (nSPS) is 31.2. The number of fused-ring (bicyclic) bond motifs is 11. The second-order valence-electron chi connectivity index (χ2n) is 18.5. The van der Waals surface area contributed by atoms with Gasteiger partial charge < -0.3 is 4.90 Å². The Morgan fingerprint density at radius 2 is 0.944 bits per heavy atom. The van der Waals surface area contributed by atoms with E-state index in [1.54, 1.807) is 22.3 Å². The summed E-state index contributed by atoms with van der Waals surface area (Å²) >= 11 is 0. The van der Waals surface area contributed by atoms with Gasteiger partial charge in [0, 0.05) is 27.9 Å². The van der Waals surface area contributed by atoms with Crippen LogP contribution in [0.25, 0.3) is 33.4 Å². The van der Waals surface area contributed by atoms with Gasteiger partial charge in [0.15, 0.2) is 0 Å². The number of nitrogens with zero attached hydrogens (tertiary/aromatic N) is 1. The Labute approximate surface area is 320 Å². The zero-order valence-electron chi connectivity index (χ0n) is 31.1. The highest BCUT2D eigenvalue weighted by atomic mass is 15.1. The minimum atomic E-state index is 0.183. The lowest BCUT2D eigenvalue weighted by molar-refractivity contribution is -0.0399. The highest BCUT2D eigenvalue weighted by Gasteiger charge is 2.61. The molecule has 6 fully saturated rings. The molecule has 6 bridgehead atoms. The van der Waals surface area contributed by atoms with Crippen LogP contribution in [-0.4, -0.2) is 0 Å². The predicted octanol–water partition coefficient (Wildman–Crippen LogP) is 13.6. The molecule has 264 valence electrons. The molecule has 54 heavy (non-hydrogen) atoms. The van der Waals surface area contributed by atoms with Crippen LogP contribution in [0.4, 0.5) is 17.1 Å². The molecule has 0 amide bonds. The Balaban J connectivity index is 1.01. The van der Waals surface area contributed by atoms with Gasteiger partial charge in [0.25, 0.3) is 0 Å². The SMILES string of the molecule is c1ccc(-c2cccc(N(c3ccc4c(c3)-c3ccccc3C43CC4CCC3C4)c3ccc4c(c3)-c3ccccc3C43C4CC5CC(C4)CC3C5)c2)cc1. The number of benzene rings is 6. The first-order valence-corrected chi connectivity index (χ1v) is 21.1. The van der Waals surface area contributed by atoms with Crippen LogP contribution in [0.15, 0.2) is 140 Å². The summed E-state index contributed by atoms with van der Waals surface area (Å²) in [7, 11) is 0. The van der Waals surface area contributed by atoms with Crippen LogP contribution in [0.5, 0.6) is 0 Å². The zero-order chi connectivity index (χ0) is 35.2. The smallest absolute Gasteiger partial charge is 0.0468 e. The molecule has 1 nitrogen and oxygen atoms in total. The molecule has 2 spiro atoms. The molecule has 3 atom stereocenters. The maximum Gasteiger partial charge on any atom is 0.0468 e. The van der Waals surface area contributed by atoms with Crippen molar-refractivity contribution in [3.05, 3.63) is 162 Å². The van der Waals surface area contributed by atoms with Crippen LogP contribution in [0.1, 0.15) is 80.0 Å². The quantitative estimate of drug-likeness (QED) is 0.177. The molecule has 0 N–H and O–H groups in total. The second kappa shape index (κ2) is 10.9. The van der Waals surface area contributed by atoms with Gasteiger partial charge in [0.1, 0.15) is 0 Å². The number of rotatable bonds is 4. The summed E-state index contributed by atoms with van der Waals surface area (Å²) in [5.74, 6) is 5.09. The summed E-state index contributed by atoms with van der Waals surface area (Å²) in [5, 5.41) is 0.